The number of rotatable bonds is 2. The lowest BCUT2D eigenvalue weighted by atomic mass is 9.92. The highest BCUT2D eigenvalue weighted by Gasteiger charge is 2.24. The molecule has 8 rings (SSSR count). The van der Waals surface area contributed by atoms with Gasteiger partial charge in [0.05, 0.1) is 16.6 Å². The molecule has 0 saturated heterocycles. The van der Waals surface area contributed by atoms with Crippen LogP contribution < -0.4 is 0 Å². The van der Waals surface area contributed by atoms with Crippen molar-refractivity contribution in [1.29, 1.82) is 0 Å². The van der Waals surface area contributed by atoms with E-state index in [9.17, 15) is 0 Å². The van der Waals surface area contributed by atoms with Crippen LogP contribution in [0, 0.1) is 0 Å². The van der Waals surface area contributed by atoms with Crippen molar-refractivity contribution >= 4 is 32.7 Å². The van der Waals surface area contributed by atoms with Crippen molar-refractivity contribution < 1.29 is 0 Å². The minimum absolute atomic E-state index is 1.06. The van der Waals surface area contributed by atoms with E-state index < -0.39 is 0 Å². The maximum atomic E-state index is 4.63. The third-order valence-electron chi connectivity index (χ3n) is 7.39. The number of hydrogen-bond acceptors (Lipinski definition) is 1. The monoisotopic (exact) mass is 444 g/mol. The van der Waals surface area contributed by atoms with Crippen molar-refractivity contribution in [3.05, 3.63) is 121 Å². The number of nitrogens with zero attached hydrogens (tertiary/aromatic N) is 2. The van der Waals surface area contributed by atoms with Crippen LogP contribution in [0.25, 0.3) is 71.8 Å². The first-order valence-electron chi connectivity index (χ1n) is 12.0. The summed E-state index contributed by atoms with van der Waals surface area (Å²) >= 11 is 0. The molecule has 5 aromatic carbocycles. The normalized spacial score (nSPS) is 12.0. The zero-order chi connectivity index (χ0) is 22.9. The Bertz CT molecular complexity index is 1940. The van der Waals surface area contributed by atoms with Crippen molar-refractivity contribution in [2.75, 3.05) is 0 Å². The van der Waals surface area contributed by atoms with Gasteiger partial charge in [0.25, 0.3) is 0 Å². The Kier molecular flexibility index (Phi) is 3.69. The maximum Gasteiger partial charge on any atom is 0.0714 e. The first kappa shape index (κ1) is 18.7. The van der Waals surface area contributed by atoms with Crippen LogP contribution >= 0.6 is 0 Å². The molecule has 1 aliphatic rings. The molecule has 0 saturated carbocycles. The fraction of sp³-hybridized carbons (Fsp3) is 0. The van der Waals surface area contributed by atoms with Gasteiger partial charge in [-0.1, -0.05) is 72.8 Å². The molecule has 0 aliphatic heterocycles. The van der Waals surface area contributed by atoms with E-state index in [4.69, 9.17) is 0 Å². The Morgan fingerprint density at radius 2 is 1.29 bits per heavy atom. The summed E-state index contributed by atoms with van der Waals surface area (Å²) in [6, 6.07) is 41.6. The molecule has 0 fully saturated rings. The van der Waals surface area contributed by atoms with E-state index in [1.807, 2.05) is 6.20 Å². The van der Waals surface area contributed by atoms with E-state index >= 15 is 0 Å². The Morgan fingerprint density at radius 3 is 2.23 bits per heavy atom. The smallest absolute Gasteiger partial charge is 0.0714 e. The molecule has 2 heterocycles. The third kappa shape index (κ3) is 2.51. The van der Waals surface area contributed by atoms with Crippen LogP contribution in [0.4, 0.5) is 0 Å². The number of para-hydroxylation sites is 2. The van der Waals surface area contributed by atoms with Gasteiger partial charge in [-0.3, -0.25) is 4.98 Å². The SMILES string of the molecule is c1ccc(-n2c3ccccc3c3cc(-c4cccc5c4-c4cccc6nccc-5c46)ccc32)cc1. The van der Waals surface area contributed by atoms with Crippen molar-refractivity contribution in [3.63, 3.8) is 0 Å². The van der Waals surface area contributed by atoms with E-state index in [0.29, 0.717) is 0 Å². The molecule has 0 radical (unpaired) electrons. The summed E-state index contributed by atoms with van der Waals surface area (Å²) in [5.74, 6) is 0. The molecule has 35 heavy (non-hydrogen) atoms. The molecule has 2 nitrogen and oxygen atoms in total. The van der Waals surface area contributed by atoms with Gasteiger partial charge in [0.1, 0.15) is 0 Å². The second kappa shape index (κ2) is 6.91. The van der Waals surface area contributed by atoms with Crippen molar-refractivity contribution in [3.8, 4) is 39.1 Å². The molecule has 0 bridgehead atoms. The predicted molar refractivity (Wildman–Crippen MR) is 146 cm³/mol. The van der Waals surface area contributed by atoms with Gasteiger partial charge in [0, 0.05) is 28.0 Å². The summed E-state index contributed by atoms with van der Waals surface area (Å²) in [4.78, 5) is 4.63. The highest BCUT2D eigenvalue weighted by atomic mass is 15.0. The molecule has 0 N–H and O–H groups in total. The highest BCUT2D eigenvalue weighted by molar-refractivity contribution is 6.18. The summed E-state index contributed by atoms with van der Waals surface area (Å²) in [5.41, 5.74) is 12.4. The molecule has 7 aromatic rings. The van der Waals surface area contributed by atoms with E-state index in [-0.39, 0.29) is 0 Å². The van der Waals surface area contributed by atoms with Gasteiger partial charge < -0.3 is 4.57 Å². The second-order valence-corrected chi connectivity index (χ2v) is 9.21. The fourth-order valence-electron chi connectivity index (χ4n) is 5.94. The Morgan fingerprint density at radius 1 is 0.514 bits per heavy atom. The molecule has 2 aromatic heterocycles. The van der Waals surface area contributed by atoms with E-state index in [0.717, 1.165) is 5.52 Å². The highest BCUT2D eigenvalue weighted by Crippen LogP contribution is 2.50. The van der Waals surface area contributed by atoms with Crippen LogP contribution in [0.15, 0.2) is 121 Å². The van der Waals surface area contributed by atoms with E-state index in [1.165, 1.54) is 66.3 Å². The minimum atomic E-state index is 1.06. The first-order valence-corrected chi connectivity index (χ1v) is 12.0. The minimum Gasteiger partial charge on any atom is -0.309 e. The lowest BCUT2D eigenvalue weighted by Crippen LogP contribution is -1.93. The maximum absolute atomic E-state index is 4.63. The summed E-state index contributed by atoms with van der Waals surface area (Å²) in [5, 5.41) is 3.81. The second-order valence-electron chi connectivity index (χ2n) is 9.21. The molecule has 0 unspecified atom stereocenters. The van der Waals surface area contributed by atoms with Crippen molar-refractivity contribution in [1.82, 2.24) is 9.55 Å². The van der Waals surface area contributed by atoms with Gasteiger partial charge in [0.2, 0.25) is 0 Å². The van der Waals surface area contributed by atoms with Crippen LogP contribution in [0.2, 0.25) is 0 Å². The molecule has 2 heteroatoms. The summed E-state index contributed by atoms with van der Waals surface area (Å²) in [6.45, 7) is 0. The van der Waals surface area contributed by atoms with Gasteiger partial charge >= 0.3 is 0 Å². The molecular weight excluding hydrogens is 424 g/mol. The lowest BCUT2D eigenvalue weighted by molar-refractivity contribution is 1.18. The largest absolute Gasteiger partial charge is 0.309 e. The standard InChI is InChI=1S/C33H20N2/c1-2-8-22(9-3-1)35-30-15-5-4-10-24(30)28-20-21(16-17-31(28)35)23-11-6-12-25-26-18-19-34-29-14-7-13-27(32(23)25)33(26)29/h1-20H. The van der Waals surface area contributed by atoms with E-state index in [1.54, 1.807) is 0 Å². The van der Waals surface area contributed by atoms with Crippen molar-refractivity contribution in [2.24, 2.45) is 0 Å². The molecule has 0 atom stereocenters. The Labute approximate surface area is 202 Å². The molecule has 1 aliphatic carbocycles. The van der Waals surface area contributed by atoms with Crippen LogP contribution in [-0.2, 0) is 0 Å². The lowest BCUT2D eigenvalue weighted by Gasteiger charge is -2.12. The summed E-state index contributed by atoms with van der Waals surface area (Å²) < 4.78 is 2.37. The van der Waals surface area contributed by atoms with Crippen LogP contribution in [0.5, 0.6) is 0 Å². The van der Waals surface area contributed by atoms with Gasteiger partial charge in [-0.05, 0) is 75.8 Å². The number of fused-ring (bicyclic) bond motifs is 6. The molecule has 162 valence electrons. The number of hydrogen-bond donors (Lipinski definition) is 0. The first-order chi connectivity index (χ1) is 17.4. The number of aromatic nitrogens is 2. The zero-order valence-electron chi connectivity index (χ0n) is 18.9. The topological polar surface area (TPSA) is 17.8 Å². The van der Waals surface area contributed by atoms with Crippen LogP contribution in [0.1, 0.15) is 0 Å². The van der Waals surface area contributed by atoms with Crippen molar-refractivity contribution in [2.45, 2.75) is 0 Å². The fourth-order valence-corrected chi connectivity index (χ4v) is 5.94. The van der Waals surface area contributed by atoms with Gasteiger partial charge in [0.15, 0.2) is 0 Å². The van der Waals surface area contributed by atoms with Crippen LogP contribution in [-0.4, -0.2) is 9.55 Å². The summed E-state index contributed by atoms with van der Waals surface area (Å²) in [6.07, 6.45) is 1.92. The van der Waals surface area contributed by atoms with Gasteiger partial charge in [-0.25, -0.2) is 0 Å². The molecule has 0 amide bonds. The molecule has 0 spiro atoms. The molecular formula is C33H20N2. The average Bonchev–Trinajstić information content (AvgIpc) is 3.44. The predicted octanol–water partition coefficient (Wildman–Crippen LogP) is 8.65. The van der Waals surface area contributed by atoms with Gasteiger partial charge in [-0.2, -0.15) is 0 Å². The van der Waals surface area contributed by atoms with Gasteiger partial charge in [-0.15, -0.1) is 0 Å². The number of benzene rings is 5. The Balaban J connectivity index is 1.42. The third-order valence-corrected chi connectivity index (χ3v) is 7.39. The van der Waals surface area contributed by atoms with Crippen LogP contribution in [0.3, 0.4) is 0 Å². The van der Waals surface area contributed by atoms with E-state index in [2.05, 4.69) is 125 Å². The zero-order valence-corrected chi connectivity index (χ0v) is 18.9. The number of pyridine rings is 1. The average molecular weight is 445 g/mol. The summed E-state index contributed by atoms with van der Waals surface area (Å²) in [7, 11) is 0. The Hall–Kier alpha value is -4.69. The quantitative estimate of drug-likeness (QED) is 0.261.